The lowest BCUT2D eigenvalue weighted by atomic mass is 10.2. The maximum absolute atomic E-state index is 12.7. The number of nitrogens with two attached hydrogens (primary N) is 1. The van der Waals surface area contributed by atoms with Crippen molar-refractivity contribution in [2.24, 2.45) is 5.73 Å². The largest absolute Gasteiger partial charge is 0.412 e. The van der Waals surface area contributed by atoms with Gasteiger partial charge in [-0.15, -0.1) is 0 Å². The summed E-state index contributed by atoms with van der Waals surface area (Å²) >= 11 is 0. The Labute approximate surface area is 89.7 Å². The molecule has 2 rings (SSSR count). The summed E-state index contributed by atoms with van der Waals surface area (Å²) < 4.78 is 38.9. The van der Waals surface area contributed by atoms with Gasteiger partial charge >= 0.3 is 6.18 Å². The van der Waals surface area contributed by atoms with Crippen molar-refractivity contribution in [1.82, 2.24) is 9.78 Å². The van der Waals surface area contributed by atoms with Crippen LogP contribution in [0.2, 0.25) is 0 Å². The topological polar surface area (TPSA) is 43.8 Å². The smallest absolute Gasteiger partial charge is 0.328 e. The summed E-state index contributed by atoms with van der Waals surface area (Å²) in [6, 6.07) is 4.95. The van der Waals surface area contributed by atoms with Gasteiger partial charge in [0, 0.05) is 11.9 Å². The van der Waals surface area contributed by atoms with Crippen LogP contribution in [0.5, 0.6) is 0 Å². The number of aromatic nitrogens is 2. The van der Waals surface area contributed by atoms with Crippen LogP contribution in [0.4, 0.5) is 13.2 Å². The van der Waals surface area contributed by atoms with Crippen LogP contribution in [0.25, 0.3) is 10.9 Å². The van der Waals surface area contributed by atoms with Crippen LogP contribution in [0.1, 0.15) is 6.04 Å². The van der Waals surface area contributed by atoms with E-state index in [9.17, 15) is 13.2 Å². The van der Waals surface area contributed by atoms with Gasteiger partial charge in [-0.05, 0) is 6.07 Å². The molecule has 0 spiro atoms. The fraction of sp³-hybridized carbons (Fsp3) is 0.300. The molecular formula is C10H10F3N3. The van der Waals surface area contributed by atoms with Crippen molar-refractivity contribution in [3.05, 3.63) is 30.5 Å². The first kappa shape index (κ1) is 10.9. The van der Waals surface area contributed by atoms with Crippen molar-refractivity contribution >= 4 is 10.9 Å². The third-order valence-corrected chi connectivity index (χ3v) is 2.40. The van der Waals surface area contributed by atoms with Crippen molar-refractivity contribution in [2.75, 3.05) is 6.54 Å². The van der Waals surface area contributed by atoms with Gasteiger partial charge in [0.15, 0.2) is 6.04 Å². The van der Waals surface area contributed by atoms with E-state index < -0.39 is 18.8 Å². The number of benzene rings is 1. The molecule has 2 N–H and O–H groups in total. The third kappa shape index (κ3) is 1.76. The molecule has 1 heterocycles. The molecule has 0 saturated carbocycles. The number of nitrogens with zero attached hydrogens (tertiary/aromatic N) is 2. The summed E-state index contributed by atoms with van der Waals surface area (Å²) in [4.78, 5) is 0. The van der Waals surface area contributed by atoms with E-state index in [2.05, 4.69) is 5.10 Å². The van der Waals surface area contributed by atoms with Crippen LogP contribution in [0.15, 0.2) is 30.5 Å². The zero-order valence-corrected chi connectivity index (χ0v) is 8.28. The maximum Gasteiger partial charge on any atom is 0.412 e. The van der Waals surface area contributed by atoms with Gasteiger partial charge in [0.05, 0.1) is 11.7 Å². The zero-order valence-electron chi connectivity index (χ0n) is 8.28. The molecule has 0 aliphatic carbocycles. The highest BCUT2D eigenvalue weighted by Crippen LogP contribution is 2.31. The Bertz CT molecular complexity index is 489. The molecule has 0 fully saturated rings. The van der Waals surface area contributed by atoms with E-state index in [0.717, 1.165) is 4.68 Å². The number of fused-ring (bicyclic) bond motifs is 1. The Morgan fingerprint density at radius 2 is 2.00 bits per heavy atom. The lowest BCUT2D eigenvalue weighted by Crippen LogP contribution is -2.33. The number of halogens is 3. The molecule has 1 aromatic heterocycles. The number of alkyl halides is 3. The van der Waals surface area contributed by atoms with E-state index in [1.807, 2.05) is 0 Å². The van der Waals surface area contributed by atoms with E-state index in [-0.39, 0.29) is 0 Å². The standard InChI is InChI=1S/C10H10F3N3/c11-10(12,13)9(5-14)16-8-4-2-1-3-7(8)6-15-16/h1-4,6,9H,5,14H2. The summed E-state index contributed by atoms with van der Waals surface area (Å²) in [5.74, 6) is 0. The fourth-order valence-corrected chi connectivity index (χ4v) is 1.61. The van der Waals surface area contributed by atoms with Crippen LogP contribution in [-0.2, 0) is 0 Å². The Balaban J connectivity index is 2.54. The number of hydrogen-bond donors (Lipinski definition) is 1. The van der Waals surface area contributed by atoms with Gasteiger partial charge in [0.1, 0.15) is 0 Å². The van der Waals surface area contributed by atoms with Gasteiger partial charge in [0.2, 0.25) is 0 Å². The second-order valence-corrected chi connectivity index (χ2v) is 3.44. The Morgan fingerprint density at radius 1 is 1.31 bits per heavy atom. The van der Waals surface area contributed by atoms with Crippen LogP contribution < -0.4 is 5.73 Å². The summed E-state index contributed by atoms with van der Waals surface area (Å²) in [5, 5.41) is 4.42. The van der Waals surface area contributed by atoms with Crippen molar-refractivity contribution in [2.45, 2.75) is 12.2 Å². The number of para-hydroxylation sites is 1. The van der Waals surface area contributed by atoms with E-state index in [4.69, 9.17) is 5.73 Å². The van der Waals surface area contributed by atoms with Gasteiger partial charge in [-0.1, -0.05) is 18.2 Å². The Morgan fingerprint density at radius 3 is 2.62 bits per heavy atom. The van der Waals surface area contributed by atoms with Crippen molar-refractivity contribution in [3.8, 4) is 0 Å². The average molecular weight is 229 g/mol. The molecular weight excluding hydrogens is 219 g/mol. The molecule has 16 heavy (non-hydrogen) atoms. The lowest BCUT2D eigenvalue weighted by Gasteiger charge is -2.19. The fourth-order valence-electron chi connectivity index (χ4n) is 1.61. The van der Waals surface area contributed by atoms with Gasteiger partial charge in [-0.3, -0.25) is 4.68 Å². The molecule has 1 atom stereocenters. The minimum atomic E-state index is -4.39. The van der Waals surface area contributed by atoms with Crippen molar-refractivity contribution in [1.29, 1.82) is 0 Å². The molecule has 0 aliphatic heterocycles. The molecule has 0 radical (unpaired) electrons. The normalized spacial score (nSPS) is 14.2. The van der Waals surface area contributed by atoms with E-state index in [1.54, 1.807) is 24.3 Å². The highest BCUT2D eigenvalue weighted by molar-refractivity contribution is 5.78. The van der Waals surface area contributed by atoms with Crippen LogP contribution in [0.3, 0.4) is 0 Å². The summed E-state index contributed by atoms with van der Waals surface area (Å²) in [5.41, 5.74) is 5.60. The predicted octanol–water partition coefficient (Wildman–Crippen LogP) is 2.10. The predicted molar refractivity (Wildman–Crippen MR) is 53.9 cm³/mol. The highest BCUT2D eigenvalue weighted by atomic mass is 19.4. The first-order valence-electron chi connectivity index (χ1n) is 4.73. The van der Waals surface area contributed by atoms with Gasteiger partial charge in [-0.25, -0.2) is 0 Å². The molecule has 3 nitrogen and oxygen atoms in total. The molecule has 2 aromatic rings. The monoisotopic (exact) mass is 229 g/mol. The van der Waals surface area contributed by atoms with Gasteiger partial charge in [0.25, 0.3) is 0 Å². The molecule has 0 saturated heterocycles. The Kier molecular flexibility index (Phi) is 2.59. The van der Waals surface area contributed by atoms with E-state index in [1.165, 1.54) is 6.20 Å². The zero-order chi connectivity index (χ0) is 11.8. The van der Waals surface area contributed by atoms with Gasteiger partial charge in [-0.2, -0.15) is 18.3 Å². The quantitative estimate of drug-likeness (QED) is 0.856. The molecule has 1 aromatic carbocycles. The summed E-state index contributed by atoms with van der Waals surface area (Å²) in [6.07, 6.45) is -2.98. The van der Waals surface area contributed by atoms with Crippen LogP contribution in [0, 0.1) is 0 Å². The number of hydrogen-bond acceptors (Lipinski definition) is 2. The molecule has 1 unspecified atom stereocenters. The summed E-state index contributed by atoms with van der Waals surface area (Å²) in [7, 11) is 0. The Hall–Kier alpha value is -1.56. The van der Waals surface area contributed by atoms with E-state index in [0.29, 0.717) is 10.9 Å². The number of rotatable bonds is 2. The first-order valence-corrected chi connectivity index (χ1v) is 4.73. The second kappa shape index (κ2) is 3.79. The molecule has 0 amide bonds. The average Bonchev–Trinajstić information content (AvgIpc) is 2.61. The molecule has 0 bridgehead atoms. The molecule has 86 valence electrons. The van der Waals surface area contributed by atoms with Crippen LogP contribution in [-0.4, -0.2) is 22.5 Å². The minimum absolute atomic E-state index is 0.440. The minimum Gasteiger partial charge on any atom is -0.328 e. The second-order valence-electron chi connectivity index (χ2n) is 3.44. The first-order chi connectivity index (χ1) is 7.54. The highest BCUT2D eigenvalue weighted by Gasteiger charge is 2.41. The maximum atomic E-state index is 12.7. The molecule has 6 heteroatoms. The SMILES string of the molecule is NCC(n1ncc2ccccc21)C(F)(F)F. The summed E-state index contributed by atoms with van der Waals surface area (Å²) in [6.45, 7) is -0.519. The molecule has 0 aliphatic rings. The lowest BCUT2D eigenvalue weighted by molar-refractivity contribution is -0.166. The van der Waals surface area contributed by atoms with Crippen molar-refractivity contribution < 1.29 is 13.2 Å². The third-order valence-electron chi connectivity index (χ3n) is 2.40. The van der Waals surface area contributed by atoms with Crippen molar-refractivity contribution in [3.63, 3.8) is 0 Å². The van der Waals surface area contributed by atoms with E-state index >= 15 is 0 Å². The van der Waals surface area contributed by atoms with Gasteiger partial charge < -0.3 is 5.73 Å². The van der Waals surface area contributed by atoms with Crippen LogP contribution >= 0.6 is 0 Å².